The number of piperazine rings is 1. The van der Waals surface area contributed by atoms with E-state index in [9.17, 15) is 4.79 Å². The third-order valence-corrected chi connectivity index (χ3v) is 3.63. The van der Waals surface area contributed by atoms with Gasteiger partial charge in [-0.05, 0) is 38.5 Å². The zero-order chi connectivity index (χ0) is 15.7. The van der Waals surface area contributed by atoms with Crippen molar-refractivity contribution in [3.05, 3.63) is 23.8 Å². The van der Waals surface area contributed by atoms with E-state index in [0.29, 0.717) is 13.1 Å². The lowest BCUT2D eigenvalue weighted by atomic mass is 10.0. The zero-order valence-corrected chi connectivity index (χ0v) is 13.2. The standard InChI is InChI=1S/C16H22N2O4/c1-16(2,3)22-15(19)18-7-6-17-12(9-18)11-4-5-13-14(8-11)21-10-20-13/h4-5,8,12,17H,6-7,9-10H2,1-3H3/t12-/m0/s1. The van der Waals surface area contributed by atoms with Gasteiger partial charge in [-0.3, -0.25) is 0 Å². The van der Waals surface area contributed by atoms with E-state index in [1.165, 1.54) is 0 Å². The topological polar surface area (TPSA) is 60.0 Å². The van der Waals surface area contributed by atoms with Crippen molar-refractivity contribution >= 4 is 6.09 Å². The summed E-state index contributed by atoms with van der Waals surface area (Å²) in [6, 6.07) is 5.95. The van der Waals surface area contributed by atoms with Crippen LogP contribution < -0.4 is 14.8 Å². The van der Waals surface area contributed by atoms with Crippen molar-refractivity contribution in [2.75, 3.05) is 26.4 Å². The van der Waals surface area contributed by atoms with Crippen LogP contribution >= 0.6 is 0 Å². The summed E-state index contributed by atoms with van der Waals surface area (Å²) in [5, 5.41) is 3.43. The Hall–Kier alpha value is -1.95. The molecule has 2 heterocycles. The minimum atomic E-state index is -0.476. The van der Waals surface area contributed by atoms with Crippen molar-refractivity contribution in [2.24, 2.45) is 0 Å². The van der Waals surface area contributed by atoms with Gasteiger partial charge in [0.15, 0.2) is 11.5 Å². The maximum atomic E-state index is 12.2. The summed E-state index contributed by atoms with van der Waals surface area (Å²) in [6.07, 6.45) is -0.264. The van der Waals surface area contributed by atoms with Crippen molar-refractivity contribution < 1.29 is 19.0 Å². The van der Waals surface area contributed by atoms with Crippen molar-refractivity contribution in [3.63, 3.8) is 0 Å². The first kappa shape index (κ1) is 15.0. The molecule has 1 amide bonds. The van der Waals surface area contributed by atoms with Gasteiger partial charge < -0.3 is 24.4 Å². The van der Waals surface area contributed by atoms with E-state index in [1.807, 2.05) is 39.0 Å². The fourth-order valence-corrected chi connectivity index (χ4v) is 2.60. The van der Waals surface area contributed by atoms with E-state index in [1.54, 1.807) is 4.90 Å². The molecule has 22 heavy (non-hydrogen) atoms. The highest BCUT2D eigenvalue weighted by atomic mass is 16.7. The predicted octanol–water partition coefficient (Wildman–Crippen LogP) is 2.30. The summed E-state index contributed by atoms with van der Waals surface area (Å²) in [7, 11) is 0. The Kier molecular flexibility index (Phi) is 3.87. The molecule has 0 aromatic heterocycles. The van der Waals surface area contributed by atoms with Crippen LogP contribution in [0.4, 0.5) is 4.79 Å². The SMILES string of the molecule is CC(C)(C)OC(=O)N1CCN[C@H](c2ccc3c(c2)OCO3)C1. The molecule has 0 spiro atoms. The van der Waals surface area contributed by atoms with E-state index < -0.39 is 5.60 Å². The van der Waals surface area contributed by atoms with Crippen molar-refractivity contribution in [1.29, 1.82) is 0 Å². The minimum absolute atomic E-state index is 0.0655. The molecule has 0 aliphatic carbocycles. The molecule has 1 aromatic rings. The highest BCUT2D eigenvalue weighted by Gasteiger charge is 2.28. The third kappa shape index (κ3) is 3.27. The Labute approximate surface area is 130 Å². The molecule has 3 rings (SSSR count). The molecule has 0 radical (unpaired) electrons. The van der Waals surface area contributed by atoms with Gasteiger partial charge in [-0.2, -0.15) is 0 Å². The Morgan fingerprint density at radius 2 is 2.09 bits per heavy atom. The average Bonchev–Trinajstić information content (AvgIpc) is 2.93. The Morgan fingerprint density at radius 3 is 2.86 bits per heavy atom. The van der Waals surface area contributed by atoms with Gasteiger partial charge in [0.2, 0.25) is 6.79 Å². The molecule has 0 saturated carbocycles. The van der Waals surface area contributed by atoms with E-state index in [0.717, 1.165) is 23.6 Å². The second-order valence-electron chi connectivity index (χ2n) is 6.55. The lowest BCUT2D eigenvalue weighted by molar-refractivity contribution is 0.0195. The molecule has 1 atom stereocenters. The number of ether oxygens (including phenoxy) is 3. The van der Waals surface area contributed by atoms with Crippen LogP contribution in [-0.2, 0) is 4.74 Å². The fourth-order valence-electron chi connectivity index (χ4n) is 2.60. The van der Waals surface area contributed by atoms with Crippen LogP contribution in [-0.4, -0.2) is 43.0 Å². The number of rotatable bonds is 1. The van der Waals surface area contributed by atoms with Gasteiger partial charge in [0.1, 0.15) is 5.60 Å². The van der Waals surface area contributed by atoms with Gasteiger partial charge in [-0.25, -0.2) is 4.79 Å². The summed E-state index contributed by atoms with van der Waals surface area (Å²) in [5.41, 5.74) is 0.605. The molecule has 1 fully saturated rings. The lowest BCUT2D eigenvalue weighted by Gasteiger charge is -2.35. The molecule has 2 aliphatic rings. The van der Waals surface area contributed by atoms with Crippen LogP contribution in [0.3, 0.4) is 0 Å². The zero-order valence-electron chi connectivity index (χ0n) is 13.2. The molecule has 2 aliphatic heterocycles. The predicted molar refractivity (Wildman–Crippen MR) is 81.1 cm³/mol. The monoisotopic (exact) mass is 306 g/mol. The van der Waals surface area contributed by atoms with Crippen LogP contribution in [0, 0.1) is 0 Å². The average molecular weight is 306 g/mol. The number of hydrogen-bond acceptors (Lipinski definition) is 5. The largest absolute Gasteiger partial charge is 0.454 e. The van der Waals surface area contributed by atoms with Gasteiger partial charge >= 0.3 is 6.09 Å². The maximum Gasteiger partial charge on any atom is 0.410 e. The van der Waals surface area contributed by atoms with Gasteiger partial charge in [0.25, 0.3) is 0 Å². The summed E-state index contributed by atoms with van der Waals surface area (Å²) in [4.78, 5) is 14.0. The lowest BCUT2D eigenvalue weighted by Crippen LogP contribution is -2.49. The van der Waals surface area contributed by atoms with Gasteiger partial charge in [-0.15, -0.1) is 0 Å². The first-order valence-electron chi connectivity index (χ1n) is 7.53. The number of nitrogens with zero attached hydrogens (tertiary/aromatic N) is 1. The van der Waals surface area contributed by atoms with Gasteiger partial charge in [0, 0.05) is 19.6 Å². The molecule has 120 valence electrons. The first-order valence-corrected chi connectivity index (χ1v) is 7.53. The molecular weight excluding hydrogens is 284 g/mol. The number of nitrogens with one attached hydrogen (secondary N) is 1. The molecule has 0 bridgehead atoms. The second kappa shape index (κ2) is 5.68. The number of hydrogen-bond donors (Lipinski definition) is 1. The molecule has 1 saturated heterocycles. The van der Waals surface area contributed by atoms with E-state index in [2.05, 4.69) is 5.32 Å². The number of carbonyl (C=O) groups is 1. The molecule has 6 nitrogen and oxygen atoms in total. The van der Waals surface area contributed by atoms with Crippen LogP contribution in [0.15, 0.2) is 18.2 Å². The van der Waals surface area contributed by atoms with E-state index in [-0.39, 0.29) is 18.9 Å². The summed E-state index contributed by atoms with van der Waals surface area (Å²) < 4.78 is 16.2. The maximum absolute atomic E-state index is 12.2. The smallest absolute Gasteiger partial charge is 0.410 e. The third-order valence-electron chi connectivity index (χ3n) is 3.63. The summed E-state index contributed by atoms with van der Waals surface area (Å²) >= 11 is 0. The summed E-state index contributed by atoms with van der Waals surface area (Å²) in [5.74, 6) is 1.53. The first-order chi connectivity index (χ1) is 10.4. The molecular formula is C16H22N2O4. The number of amides is 1. The molecule has 1 N–H and O–H groups in total. The quantitative estimate of drug-likeness (QED) is 0.862. The highest BCUT2D eigenvalue weighted by molar-refractivity contribution is 5.68. The fraction of sp³-hybridized carbons (Fsp3) is 0.562. The van der Waals surface area contributed by atoms with Crippen molar-refractivity contribution in [2.45, 2.75) is 32.4 Å². The van der Waals surface area contributed by atoms with Crippen LogP contribution in [0.1, 0.15) is 32.4 Å². The van der Waals surface area contributed by atoms with Crippen molar-refractivity contribution in [3.8, 4) is 11.5 Å². The number of carbonyl (C=O) groups excluding carboxylic acids is 1. The molecule has 0 unspecified atom stereocenters. The number of benzene rings is 1. The van der Waals surface area contributed by atoms with E-state index >= 15 is 0 Å². The highest BCUT2D eigenvalue weighted by Crippen LogP contribution is 2.34. The second-order valence-corrected chi connectivity index (χ2v) is 6.55. The Balaban J connectivity index is 1.69. The Bertz CT molecular complexity index is 568. The van der Waals surface area contributed by atoms with Crippen LogP contribution in [0.25, 0.3) is 0 Å². The molecule has 6 heteroatoms. The Morgan fingerprint density at radius 1 is 1.32 bits per heavy atom. The van der Waals surface area contributed by atoms with Crippen molar-refractivity contribution in [1.82, 2.24) is 10.2 Å². The summed E-state index contributed by atoms with van der Waals surface area (Å²) in [6.45, 7) is 7.86. The van der Waals surface area contributed by atoms with Crippen LogP contribution in [0.5, 0.6) is 11.5 Å². The molecule has 1 aromatic carbocycles. The van der Waals surface area contributed by atoms with E-state index in [4.69, 9.17) is 14.2 Å². The van der Waals surface area contributed by atoms with Gasteiger partial charge in [-0.1, -0.05) is 6.07 Å². The normalized spacial score (nSPS) is 20.9. The van der Waals surface area contributed by atoms with Gasteiger partial charge in [0.05, 0.1) is 6.04 Å². The minimum Gasteiger partial charge on any atom is -0.454 e. The van der Waals surface area contributed by atoms with Crippen LogP contribution in [0.2, 0.25) is 0 Å². The number of fused-ring (bicyclic) bond motifs is 1.